The summed E-state index contributed by atoms with van der Waals surface area (Å²) in [5, 5.41) is 19.0. The molecule has 1 aliphatic rings. The number of carboxylic acid groups (broad SMARTS) is 1. The number of Topliss-reactive ketones (excluding diaryl/α,β-unsaturated/α-hetero) is 2. The monoisotopic (exact) mass is 351 g/mol. The number of carbonyl (C=O) groups is 4. The molecule has 0 saturated carbocycles. The Hall–Kier alpha value is -2.38. The maximum atomic E-state index is 12.4. The lowest BCUT2D eigenvalue weighted by Crippen LogP contribution is -2.46. The quantitative estimate of drug-likeness (QED) is 0.482. The maximum Gasteiger partial charge on any atom is 0.303 e. The van der Waals surface area contributed by atoms with Crippen molar-refractivity contribution in [1.82, 2.24) is 5.32 Å². The molecule has 0 radical (unpaired) electrons. The molecule has 138 valence electrons. The van der Waals surface area contributed by atoms with Gasteiger partial charge in [-0.1, -0.05) is 0 Å². The summed E-state index contributed by atoms with van der Waals surface area (Å²) >= 11 is 0. The van der Waals surface area contributed by atoms with E-state index >= 15 is 0 Å². The van der Waals surface area contributed by atoms with E-state index in [1.54, 1.807) is 6.21 Å². The summed E-state index contributed by atoms with van der Waals surface area (Å²) in [5.74, 6) is -2.29. The first-order chi connectivity index (χ1) is 11.8. The third kappa shape index (κ3) is 8.32. The predicted molar refractivity (Wildman–Crippen MR) is 92.2 cm³/mol. The largest absolute Gasteiger partial charge is 0.481 e. The molecule has 8 heteroatoms. The Morgan fingerprint density at radius 1 is 1.32 bits per heavy atom. The van der Waals surface area contributed by atoms with Gasteiger partial charge in [0.15, 0.2) is 5.78 Å². The van der Waals surface area contributed by atoms with E-state index in [4.69, 9.17) is 10.5 Å². The third-order valence-electron chi connectivity index (χ3n) is 3.86. The molecule has 3 N–H and O–H groups in total. The number of hydrogen-bond donors (Lipinski definition) is 3. The molecule has 0 fully saturated rings. The summed E-state index contributed by atoms with van der Waals surface area (Å²) in [6.07, 6.45) is 4.49. The molecule has 0 aromatic rings. The van der Waals surface area contributed by atoms with Crippen molar-refractivity contribution in [2.45, 2.75) is 70.4 Å². The number of nitrogens with zero attached hydrogens (tertiary/aromatic N) is 1. The van der Waals surface area contributed by atoms with E-state index in [1.165, 1.54) is 6.92 Å². The summed E-state index contributed by atoms with van der Waals surface area (Å²) in [6, 6.07) is -1.02. The van der Waals surface area contributed by atoms with Crippen molar-refractivity contribution in [3.63, 3.8) is 0 Å². The van der Waals surface area contributed by atoms with Crippen LogP contribution in [0.5, 0.6) is 0 Å². The normalized spacial score (nSPS) is 17.6. The number of ketones is 2. The number of carbonyl (C=O) groups excluding carboxylic acids is 3. The Balaban J connectivity index is 2.70. The summed E-state index contributed by atoms with van der Waals surface area (Å²) < 4.78 is 0. The molecule has 0 aromatic carbocycles. The van der Waals surface area contributed by atoms with Crippen molar-refractivity contribution in [2.24, 2.45) is 4.99 Å². The number of hydrogen-bond acceptors (Lipinski definition) is 6. The van der Waals surface area contributed by atoms with Gasteiger partial charge in [0, 0.05) is 12.8 Å². The standard InChI is InChI=1S/C17H25N3O5/c1-11(21)9-13(18)17(25)14(10-12-5-2-3-8-19-12)20-15(22)6-4-7-16(23)24/h8,12,14,18H,2-7,9-10H2,1H3,(H,20,22)(H,23,24). The Morgan fingerprint density at radius 2 is 2.04 bits per heavy atom. The van der Waals surface area contributed by atoms with Gasteiger partial charge in [0.2, 0.25) is 5.91 Å². The highest BCUT2D eigenvalue weighted by atomic mass is 16.4. The molecule has 1 heterocycles. The first-order valence-electron chi connectivity index (χ1n) is 8.43. The third-order valence-corrected chi connectivity index (χ3v) is 3.86. The van der Waals surface area contributed by atoms with Crippen molar-refractivity contribution in [1.29, 1.82) is 5.41 Å². The van der Waals surface area contributed by atoms with Gasteiger partial charge in [0.25, 0.3) is 0 Å². The number of nitrogens with one attached hydrogen (secondary N) is 2. The molecule has 8 nitrogen and oxygen atoms in total. The fraction of sp³-hybridized carbons (Fsp3) is 0.647. The van der Waals surface area contributed by atoms with Crippen LogP contribution in [-0.4, -0.2) is 52.6 Å². The molecular weight excluding hydrogens is 326 g/mol. The number of carboxylic acids is 1. The van der Waals surface area contributed by atoms with Crippen molar-refractivity contribution in [3.05, 3.63) is 0 Å². The molecule has 2 atom stereocenters. The van der Waals surface area contributed by atoms with Crippen molar-refractivity contribution in [2.75, 3.05) is 0 Å². The van der Waals surface area contributed by atoms with Crippen LogP contribution in [0.2, 0.25) is 0 Å². The Labute approximate surface area is 146 Å². The molecule has 0 aromatic heterocycles. The molecule has 1 amide bonds. The highest BCUT2D eigenvalue weighted by molar-refractivity contribution is 6.43. The number of amides is 1. The first kappa shape index (κ1) is 20.7. The molecule has 0 saturated heterocycles. The van der Waals surface area contributed by atoms with E-state index < -0.39 is 23.7 Å². The van der Waals surface area contributed by atoms with Gasteiger partial charge in [0.05, 0.1) is 24.2 Å². The van der Waals surface area contributed by atoms with Crippen LogP contribution in [-0.2, 0) is 19.2 Å². The minimum atomic E-state index is -0.986. The van der Waals surface area contributed by atoms with Crippen LogP contribution >= 0.6 is 0 Å². The van der Waals surface area contributed by atoms with Gasteiger partial charge in [-0.3, -0.25) is 24.2 Å². The zero-order valence-corrected chi connectivity index (χ0v) is 14.4. The summed E-state index contributed by atoms with van der Waals surface area (Å²) in [7, 11) is 0. The highest BCUT2D eigenvalue weighted by Gasteiger charge is 2.28. The lowest BCUT2D eigenvalue weighted by molar-refractivity contribution is -0.137. The zero-order chi connectivity index (χ0) is 18.8. The zero-order valence-electron chi connectivity index (χ0n) is 14.4. The lowest BCUT2D eigenvalue weighted by atomic mass is 9.94. The molecular formula is C17H25N3O5. The Morgan fingerprint density at radius 3 is 2.60 bits per heavy atom. The average Bonchev–Trinajstić information content (AvgIpc) is 2.53. The van der Waals surface area contributed by atoms with Gasteiger partial charge in [-0.2, -0.15) is 0 Å². The van der Waals surface area contributed by atoms with E-state index in [0.29, 0.717) is 0 Å². The van der Waals surface area contributed by atoms with Crippen LogP contribution in [0.1, 0.15) is 58.3 Å². The molecule has 1 aliphatic heterocycles. The van der Waals surface area contributed by atoms with Gasteiger partial charge in [-0.15, -0.1) is 0 Å². The van der Waals surface area contributed by atoms with E-state index in [1.807, 2.05) is 0 Å². The SMILES string of the molecule is CC(=O)CC(=N)C(=O)C(CC1CCCC=N1)NC(=O)CCCC(=O)O. The molecule has 0 spiro atoms. The minimum Gasteiger partial charge on any atom is -0.481 e. The van der Waals surface area contributed by atoms with Gasteiger partial charge in [-0.05, 0) is 45.2 Å². The van der Waals surface area contributed by atoms with Crippen LogP contribution in [0.3, 0.4) is 0 Å². The van der Waals surface area contributed by atoms with Gasteiger partial charge >= 0.3 is 5.97 Å². The molecule has 2 unspecified atom stereocenters. The maximum absolute atomic E-state index is 12.4. The lowest BCUT2D eigenvalue weighted by Gasteiger charge is -2.23. The van der Waals surface area contributed by atoms with Gasteiger partial charge in [0.1, 0.15) is 5.78 Å². The van der Waals surface area contributed by atoms with E-state index in [0.717, 1.165) is 19.3 Å². The predicted octanol–water partition coefficient (Wildman–Crippen LogP) is 1.31. The molecule has 25 heavy (non-hydrogen) atoms. The van der Waals surface area contributed by atoms with Crippen LogP contribution in [0.4, 0.5) is 0 Å². The minimum absolute atomic E-state index is 0.00986. The molecule has 0 aliphatic carbocycles. The average molecular weight is 351 g/mol. The van der Waals surface area contributed by atoms with E-state index in [9.17, 15) is 19.2 Å². The second-order valence-corrected chi connectivity index (χ2v) is 6.24. The van der Waals surface area contributed by atoms with Gasteiger partial charge in [-0.25, -0.2) is 0 Å². The van der Waals surface area contributed by atoms with E-state index in [2.05, 4.69) is 10.3 Å². The first-order valence-corrected chi connectivity index (χ1v) is 8.43. The van der Waals surface area contributed by atoms with E-state index in [-0.39, 0.29) is 49.6 Å². The number of aliphatic carboxylic acids is 1. The molecule has 0 bridgehead atoms. The Bertz CT molecular complexity index is 571. The topological polar surface area (TPSA) is 137 Å². The Kier molecular flexibility index (Phi) is 8.66. The smallest absolute Gasteiger partial charge is 0.303 e. The number of aliphatic imine (C=N–C) groups is 1. The second kappa shape index (κ2) is 10.5. The van der Waals surface area contributed by atoms with Crippen molar-refractivity contribution in [3.8, 4) is 0 Å². The fourth-order valence-corrected chi connectivity index (χ4v) is 2.64. The van der Waals surface area contributed by atoms with Gasteiger partial charge < -0.3 is 15.8 Å². The highest BCUT2D eigenvalue weighted by Crippen LogP contribution is 2.16. The van der Waals surface area contributed by atoms with Crippen LogP contribution in [0.25, 0.3) is 0 Å². The van der Waals surface area contributed by atoms with Crippen LogP contribution in [0, 0.1) is 5.41 Å². The summed E-state index contributed by atoms with van der Waals surface area (Å²) in [6.45, 7) is 1.30. The van der Waals surface area contributed by atoms with Crippen LogP contribution < -0.4 is 5.32 Å². The summed E-state index contributed by atoms with van der Waals surface area (Å²) in [4.78, 5) is 50.4. The van der Waals surface area contributed by atoms with Crippen LogP contribution in [0.15, 0.2) is 4.99 Å². The fourth-order valence-electron chi connectivity index (χ4n) is 2.64. The van der Waals surface area contributed by atoms with Crippen molar-refractivity contribution < 1.29 is 24.3 Å². The molecule has 1 rings (SSSR count). The van der Waals surface area contributed by atoms with Crippen molar-refractivity contribution >= 4 is 35.4 Å². The summed E-state index contributed by atoms with van der Waals surface area (Å²) in [5.41, 5.74) is -0.330. The second-order valence-electron chi connectivity index (χ2n) is 6.24. The number of rotatable bonds is 11.